The van der Waals surface area contributed by atoms with Gasteiger partial charge in [-0.15, -0.1) is 0 Å². The molecule has 19 heavy (non-hydrogen) atoms. The van der Waals surface area contributed by atoms with Gasteiger partial charge in [-0.1, -0.05) is 0 Å². The summed E-state index contributed by atoms with van der Waals surface area (Å²) >= 11 is 0. The Hall–Kier alpha value is -0.170. The van der Waals surface area contributed by atoms with Crippen molar-refractivity contribution in [3.63, 3.8) is 0 Å². The highest BCUT2D eigenvalue weighted by Crippen LogP contribution is 2.91. The topological polar surface area (TPSA) is 61.8 Å². The number of ether oxygens (including phenoxy) is 2. The zero-order chi connectivity index (χ0) is 12.7. The van der Waals surface area contributed by atoms with Crippen LogP contribution < -0.4 is 0 Å². The van der Waals surface area contributed by atoms with Crippen molar-refractivity contribution >= 4 is 10.1 Å². The Balaban J connectivity index is 1.46. The highest BCUT2D eigenvalue weighted by molar-refractivity contribution is 7.86. The van der Waals surface area contributed by atoms with Crippen molar-refractivity contribution in [2.45, 2.75) is 11.9 Å². The van der Waals surface area contributed by atoms with Crippen LogP contribution in [0.2, 0.25) is 0 Å². The summed E-state index contributed by atoms with van der Waals surface area (Å²) in [5.74, 6) is 4.06. The molecule has 0 N–H and O–H groups in total. The van der Waals surface area contributed by atoms with Gasteiger partial charge >= 0.3 is 0 Å². The van der Waals surface area contributed by atoms with E-state index in [2.05, 4.69) is 0 Å². The largest absolute Gasteiger partial charge is 0.347 e. The number of hydrogen-bond donors (Lipinski definition) is 0. The molecule has 0 unspecified atom stereocenters. The zero-order valence-electron chi connectivity index (χ0n) is 10.6. The summed E-state index contributed by atoms with van der Waals surface area (Å²) in [6, 6.07) is 0. The van der Waals surface area contributed by atoms with E-state index in [1.807, 2.05) is 0 Å². The third kappa shape index (κ3) is 0.820. The van der Waals surface area contributed by atoms with Gasteiger partial charge in [0.05, 0.1) is 25.6 Å². The van der Waals surface area contributed by atoms with Crippen molar-refractivity contribution in [1.29, 1.82) is 0 Å². The summed E-state index contributed by atoms with van der Waals surface area (Å²) in [7, 11) is -3.36. The number of hydrogen-bond acceptors (Lipinski definition) is 5. The van der Waals surface area contributed by atoms with Crippen LogP contribution in [0, 0.1) is 47.3 Å². The van der Waals surface area contributed by atoms with Gasteiger partial charge in [0.15, 0.2) is 5.79 Å². The second-order valence-corrected chi connectivity index (χ2v) is 8.80. The van der Waals surface area contributed by atoms with Crippen LogP contribution in [0.4, 0.5) is 0 Å². The summed E-state index contributed by atoms with van der Waals surface area (Å²) in [5.41, 5.74) is 0. The molecule has 5 nitrogen and oxygen atoms in total. The lowest BCUT2D eigenvalue weighted by Crippen LogP contribution is -2.61. The molecule has 1 heterocycles. The second-order valence-electron chi connectivity index (χ2n) is 7.20. The van der Waals surface area contributed by atoms with Crippen molar-refractivity contribution in [3.05, 3.63) is 0 Å². The Morgan fingerprint density at radius 1 is 0.947 bits per heavy atom. The first kappa shape index (κ1) is 10.5. The summed E-state index contributed by atoms with van der Waals surface area (Å²) in [5, 5.41) is 0. The molecule has 1 spiro atoms. The number of rotatable bonds is 2. The normalized spacial score (nSPS) is 64.8. The predicted molar refractivity (Wildman–Crippen MR) is 62.3 cm³/mol. The van der Waals surface area contributed by atoms with Crippen LogP contribution in [0.3, 0.4) is 0 Å². The molecule has 6 heteroatoms. The monoisotopic (exact) mass is 284 g/mol. The summed E-state index contributed by atoms with van der Waals surface area (Å²) < 4.78 is 40.5. The van der Waals surface area contributed by atoms with Crippen LogP contribution in [0.1, 0.15) is 0 Å². The molecule has 7 aliphatic rings. The zero-order valence-corrected chi connectivity index (χ0v) is 11.4. The Morgan fingerprint density at radius 2 is 1.53 bits per heavy atom. The third-order valence-electron chi connectivity index (χ3n) is 7.04. The lowest BCUT2D eigenvalue weighted by atomic mass is 9.41. The minimum atomic E-state index is -3.36. The molecule has 7 rings (SSSR count). The van der Waals surface area contributed by atoms with Gasteiger partial charge in [0.25, 0.3) is 10.1 Å². The van der Waals surface area contributed by atoms with Gasteiger partial charge < -0.3 is 9.47 Å². The van der Waals surface area contributed by atoms with Crippen molar-refractivity contribution < 1.29 is 22.1 Å². The van der Waals surface area contributed by atoms with Crippen LogP contribution in [-0.2, 0) is 23.8 Å². The first-order valence-corrected chi connectivity index (χ1v) is 9.02. The molecule has 6 aliphatic carbocycles. The molecule has 1 saturated heterocycles. The molecule has 4 bridgehead atoms. The summed E-state index contributed by atoms with van der Waals surface area (Å²) in [4.78, 5) is 0. The summed E-state index contributed by atoms with van der Waals surface area (Å²) in [6.07, 6.45) is 1.08. The molecule has 0 aromatic heterocycles. The van der Waals surface area contributed by atoms with E-state index in [4.69, 9.17) is 13.7 Å². The SMILES string of the molecule is CS(=O)(=O)O[C@@H]1[C@H]2[C@@H]3[C@@H]4[C@H]1[C@H]1[C@@H]2[C@H]3[C@H]4C12OCCO2. The quantitative estimate of drug-likeness (QED) is 0.672. The maximum absolute atomic E-state index is 11.5. The lowest BCUT2D eigenvalue weighted by molar-refractivity contribution is -0.228. The lowest BCUT2D eigenvalue weighted by Gasteiger charge is -2.62. The summed E-state index contributed by atoms with van der Waals surface area (Å²) in [6.45, 7) is 1.39. The van der Waals surface area contributed by atoms with E-state index in [9.17, 15) is 8.42 Å². The Labute approximate surface area is 111 Å². The highest BCUT2D eigenvalue weighted by atomic mass is 32.2. The van der Waals surface area contributed by atoms with Crippen molar-refractivity contribution in [1.82, 2.24) is 0 Å². The van der Waals surface area contributed by atoms with Crippen LogP contribution in [0.25, 0.3) is 0 Å². The van der Waals surface area contributed by atoms with Crippen molar-refractivity contribution in [2.75, 3.05) is 19.5 Å². The van der Waals surface area contributed by atoms with E-state index in [0.29, 0.717) is 54.6 Å². The van der Waals surface area contributed by atoms with Gasteiger partial charge in [-0.05, 0) is 35.5 Å². The molecule has 7 fully saturated rings. The molecular formula is C13H16O5S. The van der Waals surface area contributed by atoms with Crippen molar-refractivity contribution in [2.24, 2.45) is 47.3 Å². The average Bonchev–Trinajstić information content (AvgIpc) is 2.95. The maximum atomic E-state index is 11.5. The van der Waals surface area contributed by atoms with Crippen LogP contribution in [0.15, 0.2) is 0 Å². The fourth-order valence-corrected chi connectivity index (χ4v) is 7.93. The van der Waals surface area contributed by atoms with E-state index in [1.54, 1.807) is 0 Å². The second kappa shape index (κ2) is 2.63. The minimum absolute atomic E-state index is 0.0894. The highest BCUT2D eigenvalue weighted by Gasteiger charge is 2.95. The molecular weight excluding hydrogens is 268 g/mol. The molecule has 0 aromatic carbocycles. The standard InChI is InChI=1S/C13H16O5S/c1-19(14,15)18-12-8-4-5-7(8)11-9(12)6(4)10(5)13(11)16-2-3-17-13/h4-12H,2-3H2,1H3/t4-,5-,6+,7+,8-,9-,10+,11+,12+/m0/s1. The van der Waals surface area contributed by atoms with E-state index in [-0.39, 0.29) is 11.9 Å². The molecule has 6 saturated carbocycles. The Bertz CT molecular complexity index is 594. The first-order valence-electron chi connectivity index (χ1n) is 7.21. The van der Waals surface area contributed by atoms with E-state index in [0.717, 1.165) is 5.92 Å². The van der Waals surface area contributed by atoms with Gasteiger partial charge in [-0.3, -0.25) is 4.18 Å². The van der Waals surface area contributed by atoms with Gasteiger partial charge in [0, 0.05) is 11.8 Å². The average molecular weight is 284 g/mol. The van der Waals surface area contributed by atoms with E-state index in [1.165, 1.54) is 6.26 Å². The van der Waals surface area contributed by atoms with E-state index >= 15 is 0 Å². The smallest absolute Gasteiger partial charge is 0.264 e. The van der Waals surface area contributed by atoms with Gasteiger partial charge in [0.1, 0.15) is 0 Å². The third-order valence-corrected chi connectivity index (χ3v) is 7.61. The van der Waals surface area contributed by atoms with Crippen LogP contribution >= 0.6 is 0 Å². The molecule has 0 radical (unpaired) electrons. The molecule has 1 aliphatic heterocycles. The van der Waals surface area contributed by atoms with Gasteiger partial charge in [-0.2, -0.15) is 8.42 Å². The van der Waals surface area contributed by atoms with Gasteiger partial charge in [-0.25, -0.2) is 0 Å². The fraction of sp³-hybridized carbons (Fsp3) is 1.00. The van der Waals surface area contributed by atoms with E-state index < -0.39 is 10.1 Å². The molecule has 9 atom stereocenters. The van der Waals surface area contributed by atoms with Crippen LogP contribution in [0.5, 0.6) is 0 Å². The fourth-order valence-electron chi connectivity index (χ4n) is 7.27. The van der Waals surface area contributed by atoms with Crippen molar-refractivity contribution in [3.8, 4) is 0 Å². The predicted octanol–water partition coefficient (Wildman–Crippen LogP) is 0.0719. The molecule has 0 amide bonds. The van der Waals surface area contributed by atoms with Crippen LogP contribution in [-0.4, -0.2) is 39.8 Å². The molecule has 104 valence electrons. The molecule has 0 aromatic rings. The first-order chi connectivity index (χ1) is 9.05. The maximum Gasteiger partial charge on any atom is 0.264 e. The minimum Gasteiger partial charge on any atom is -0.347 e. The van der Waals surface area contributed by atoms with Gasteiger partial charge in [0.2, 0.25) is 0 Å². The Kier molecular flexibility index (Phi) is 1.46. The Morgan fingerprint density at radius 3 is 2.16 bits per heavy atom.